The molecule has 0 fully saturated rings. The Morgan fingerprint density at radius 2 is 0.625 bits per heavy atom. The fourth-order valence-electron chi connectivity index (χ4n) is 0.385. The van der Waals surface area contributed by atoms with E-state index in [4.69, 9.17) is 0 Å². The molecule has 0 aromatic heterocycles. The van der Waals surface area contributed by atoms with E-state index in [9.17, 15) is 0 Å². The van der Waals surface area contributed by atoms with Crippen molar-refractivity contribution in [2.75, 3.05) is 0 Å². The topological polar surface area (TPSA) is 0 Å². The Bertz CT molecular complexity index is 80.5. The molecule has 1 unspecified atom stereocenters. The van der Waals surface area contributed by atoms with Gasteiger partial charge >= 0.3 is 0 Å². The van der Waals surface area contributed by atoms with E-state index in [2.05, 4.69) is 0 Å². The fourth-order valence-corrected chi connectivity index (χ4v) is 0.385. The molecular formula is C6H11PS. The summed E-state index contributed by atoms with van der Waals surface area (Å²) in [4.78, 5) is 0. The zero-order valence-electron chi connectivity index (χ0n) is 4.67. The van der Waals surface area contributed by atoms with Crippen molar-refractivity contribution in [3.63, 3.8) is 0 Å². The monoisotopic (exact) mass is 146 g/mol. The predicted molar refractivity (Wildman–Crippen MR) is 47.9 cm³/mol. The lowest BCUT2D eigenvalue weighted by atomic mass is 10.4. The zero-order valence-corrected chi connectivity index (χ0v) is 7.09. The smallest absolute Gasteiger partial charge is 0.0623 e. The summed E-state index contributed by atoms with van der Waals surface area (Å²) in [5.74, 6) is 0. The lowest BCUT2D eigenvalue weighted by molar-refractivity contribution is 1.72. The molecular weight excluding hydrogens is 135 g/mol. The minimum Gasteiger partial charge on any atom is -0.197 e. The van der Waals surface area contributed by atoms with Gasteiger partial charge in [0.25, 0.3) is 0 Å². The van der Waals surface area contributed by atoms with E-state index in [1.807, 2.05) is 36.4 Å². The molecule has 0 amide bonds. The van der Waals surface area contributed by atoms with Crippen LogP contribution in [0.15, 0.2) is 36.4 Å². The summed E-state index contributed by atoms with van der Waals surface area (Å²) >= 11 is 0. The summed E-state index contributed by atoms with van der Waals surface area (Å²) in [5.41, 5.74) is 0. The minimum absolute atomic E-state index is 0. The molecule has 1 rings (SSSR count). The van der Waals surface area contributed by atoms with Gasteiger partial charge in [-0.3, -0.25) is 0 Å². The van der Waals surface area contributed by atoms with Crippen molar-refractivity contribution in [2.45, 2.75) is 0 Å². The third-order valence-electron chi connectivity index (χ3n) is 0.667. The molecule has 1 atom stereocenters. The number of rotatable bonds is 0. The van der Waals surface area contributed by atoms with Crippen LogP contribution in [0.4, 0.5) is 0 Å². The summed E-state index contributed by atoms with van der Waals surface area (Å²) in [6.07, 6.45) is 0. The summed E-state index contributed by atoms with van der Waals surface area (Å²) in [6.45, 7) is 0. The number of hydrogen-bond acceptors (Lipinski definition) is 0. The van der Waals surface area contributed by atoms with Gasteiger partial charge in [0, 0.05) is 0 Å². The zero-order chi connectivity index (χ0) is 4.24. The van der Waals surface area contributed by atoms with Crippen molar-refractivity contribution in [3.8, 4) is 0 Å². The summed E-state index contributed by atoms with van der Waals surface area (Å²) in [7, 11) is 0. The highest BCUT2D eigenvalue weighted by Gasteiger charge is 1.57. The van der Waals surface area contributed by atoms with E-state index in [-0.39, 0.29) is 23.4 Å². The summed E-state index contributed by atoms with van der Waals surface area (Å²) < 4.78 is 0. The van der Waals surface area contributed by atoms with Gasteiger partial charge in [-0.15, -0.1) is 0 Å². The highest BCUT2D eigenvalue weighted by molar-refractivity contribution is 7.59. The minimum atomic E-state index is 0. The van der Waals surface area contributed by atoms with Crippen molar-refractivity contribution >= 4 is 23.4 Å². The normalized spacial score (nSPS) is 6.00. The molecule has 0 spiro atoms. The first kappa shape index (κ1) is 10.9. The van der Waals surface area contributed by atoms with Gasteiger partial charge in [0.1, 0.15) is 0 Å². The first-order valence-electron chi connectivity index (χ1n) is 2.00. The van der Waals surface area contributed by atoms with Crippen LogP contribution >= 0.6 is 23.4 Å². The number of benzene rings is 1. The Balaban J connectivity index is 0. The van der Waals surface area contributed by atoms with Gasteiger partial charge in [0.05, 0.1) is 0 Å². The van der Waals surface area contributed by atoms with Gasteiger partial charge in [-0.05, 0) is 0 Å². The first-order valence-corrected chi connectivity index (χ1v) is 2.00. The van der Waals surface area contributed by atoms with Gasteiger partial charge in [-0.25, -0.2) is 0 Å². The van der Waals surface area contributed by atoms with Crippen LogP contribution in [0.25, 0.3) is 0 Å². The fraction of sp³-hybridized carbons (Fsp3) is 0. The van der Waals surface area contributed by atoms with Crippen molar-refractivity contribution in [3.05, 3.63) is 36.4 Å². The van der Waals surface area contributed by atoms with Crippen molar-refractivity contribution in [1.29, 1.82) is 0 Å². The first-order chi connectivity index (χ1) is 3.00. The van der Waals surface area contributed by atoms with E-state index in [0.717, 1.165) is 0 Å². The van der Waals surface area contributed by atoms with Crippen LogP contribution in [0.1, 0.15) is 0 Å². The van der Waals surface area contributed by atoms with E-state index >= 15 is 0 Å². The molecule has 2 heteroatoms. The second-order valence-electron chi connectivity index (χ2n) is 1.15. The molecule has 0 aliphatic carbocycles. The number of hydrogen-bond donors (Lipinski definition) is 0. The molecule has 0 saturated heterocycles. The molecule has 0 aliphatic rings. The molecule has 0 nitrogen and oxygen atoms in total. The van der Waals surface area contributed by atoms with Crippen LogP contribution in [-0.4, -0.2) is 0 Å². The summed E-state index contributed by atoms with van der Waals surface area (Å²) in [5, 5.41) is 0. The van der Waals surface area contributed by atoms with Crippen LogP contribution in [0, 0.1) is 0 Å². The molecule has 0 radical (unpaired) electrons. The van der Waals surface area contributed by atoms with Gasteiger partial charge < -0.3 is 0 Å². The largest absolute Gasteiger partial charge is 0.197 e. The van der Waals surface area contributed by atoms with E-state index in [1.54, 1.807) is 0 Å². The molecule has 46 valence electrons. The van der Waals surface area contributed by atoms with Gasteiger partial charge in [-0.2, -0.15) is 23.4 Å². The SMILES string of the molecule is P.S.c1ccccc1. The molecule has 0 bridgehead atoms. The summed E-state index contributed by atoms with van der Waals surface area (Å²) in [6, 6.07) is 12.0. The predicted octanol–water partition coefficient (Wildman–Crippen LogP) is 1.86. The third-order valence-corrected chi connectivity index (χ3v) is 0.667. The highest BCUT2D eigenvalue weighted by atomic mass is 32.1. The standard InChI is InChI=1S/C6H6.H3P.H2S/c1-2-4-6-5-3-1;;/h1-6H;1H3;1H2. The Kier molecular flexibility index (Phi) is 9.53. The molecule has 1 aromatic carbocycles. The maximum Gasteiger partial charge on any atom is -0.0623 e. The third kappa shape index (κ3) is 4.17. The molecule has 1 aromatic rings. The van der Waals surface area contributed by atoms with Gasteiger partial charge in [-0.1, -0.05) is 36.4 Å². The van der Waals surface area contributed by atoms with Crippen molar-refractivity contribution < 1.29 is 0 Å². The maximum absolute atomic E-state index is 2.00. The average Bonchev–Trinajstić information content (AvgIpc) is 1.72. The lowest BCUT2D eigenvalue weighted by Crippen LogP contribution is -1.47. The van der Waals surface area contributed by atoms with Crippen LogP contribution < -0.4 is 0 Å². The van der Waals surface area contributed by atoms with Crippen LogP contribution in [0.5, 0.6) is 0 Å². The highest BCUT2D eigenvalue weighted by Crippen LogP contribution is 1.79. The van der Waals surface area contributed by atoms with Crippen LogP contribution in [-0.2, 0) is 0 Å². The average molecular weight is 146 g/mol. The second kappa shape index (κ2) is 7.00. The molecule has 0 saturated carbocycles. The molecule has 0 heterocycles. The molecule has 0 aliphatic heterocycles. The van der Waals surface area contributed by atoms with Gasteiger partial charge in [0.2, 0.25) is 0 Å². The van der Waals surface area contributed by atoms with Crippen LogP contribution in [0.2, 0.25) is 0 Å². The Labute approximate surface area is 60.4 Å². The Morgan fingerprint density at radius 3 is 0.750 bits per heavy atom. The lowest BCUT2D eigenvalue weighted by Gasteiger charge is -1.69. The van der Waals surface area contributed by atoms with E-state index in [0.29, 0.717) is 0 Å². The molecule has 0 N–H and O–H groups in total. The quantitative estimate of drug-likeness (QED) is 0.490. The molecule has 8 heavy (non-hydrogen) atoms. The Hall–Kier alpha value is 0. The van der Waals surface area contributed by atoms with Crippen molar-refractivity contribution in [2.24, 2.45) is 0 Å². The van der Waals surface area contributed by atoms with Gasteiger partial charge in [0.15, 0.2) is 0 Å². The van der Waals surface area contributed by atoms with E-state index < -0.39 is 0 Å². The Morgan fingerprint density at radius 1 is 0.500 bits per heavy atom. The van der Waals surface area contributed by atoms with Crippen molar-refractivity contribution in [1.82, 2.24) is 0 Å². The van der Waals surface area contributed by atoms with E-state index in [1.165, 1.54) is 0 Å². The maximum atomic E-state index is 2.00. The van der Waals surface area contributed by atoms with Crippen LogP contribution in [0.3, 0.4) is 0 Å². The second-order valence-corrected chi connectivity index (χ2v) is 1.15.